The SMILES string of the molecule is CCCOc1ccccc1C(=O)NN=Cc1ccccc1[N+](=O)[O-]. The van der Waals surface area contributed by atoms with Crippen molar-refractivity contribution < 1.29 is 14.5 Å². The van der Waals surface area contributed by atoms with Crippen LogP contribution in [0.4, 0.5) is 5.69 Å². The minimum absolute atomic E-state index is 0.0813. The van der Waals surface area contributed by atoms with Crippen LogP contribution < -0.4 is 10.2 Å². The predicted molar refractivity (Wildman–Crippen MR) is 90.4 cm³/mol. The van der Waals surface area contributed by atoms with Crippen molar-refractivity contribution in [1.82, 2.24) is 5.43 Å². The van der Waals surface area contributed by atoms with Gasteiger partial charge in [-0.05, 0) is 24.6 Å². The zero-order valence-corrected chi connectivity index (χ0v) is 13.1. The zero-order chi connectivity index (χ0) is 17.4. The molecule has 1 amide bonds. The molecule has 0 spiro atoms. The second-order valence-electron chi connectivity index (χ2n) is 4.86. The average molecular weight is 327 g/mol. The minimum atomic E-state index is -0.503. The molecule has 2 rings (SSSR count). The van der Waals surface area contributed by atoms with E-state index in [2.05, 4.69) is 10.5 Å². The van der Waals surface area contributed by atoms with E-state index in [9.17, 15) is 14.9 Å². The van der Waals surface area contributed by atoms with Gasteiger partial charge in [0.2, 0.25) is 0 Å². The maximum absolute atomic E-state index is 12.2. The Hall–Kier alpha value is -3.22. The van der Waals surface area contributed by atoms with E-state index in [1.54, 1.807) is 42.5 Å². The molecule has 0 radical (unpaired) electrons. The van der Waals surface area contributed by atoms with Gasteiger partial charge >= 0.3 is 0 Å². The highest BCUT2D eigenvalue weighted by molar-refractivity contribution is 5.97. The summed E-state index contributed by atoms with van der Waals surface area (Å²) in [7, 11) is 0. The molecule has 0 atom stereocenters. The molecule has 2 aromatic carbocycles. The molecule has 124 valence electrons. The molecule has 0 saturated heterocycles. The number of rotatable bonds is 7. The first-order chi connectivity index (χ1) is 11.6. The summed E-state index contributed by atoms with van der Waals surface area (Å²) in [4.78, 5) is 22.6. The number of para-hydroxylation sites is 2. The van der Waals surface area contributed by atoms with E-state index in [-0.39, 0.29) is 5.69 Å². The first-order valence-electron chi connectivity index (χ1n) is 7.42. The van der Waals surface area contributed by atoms with Gasteiger partial charge in [0.25, 0.3) is 11.6 Å². The fourth-order valence-corrected chi connectivity index (χ4v) is 1.98. The molecule has 0 aliphatic rings. The van der Waals surface area contributed by atoms with Gasteiger partial charge < -0.3 is 4.74 Å². The van der Waals surface area contributed by atoms with Crippen LogP contribution in [-0.2, 0) is 0 Å². The van der Waals surface area contributed by atoms with Gasteiger partial charge in [0.05, 0.1) is 28.9 Å². The number of carbonyl (C=O) groups is 1. The molecule has 0 aliphatic heterocycles. The Morgan fingerprint density at radius 2 is 1.96 bits per heavy atom. The summed E-state index contributed by atoms with van der Waals surface area (Å²) in [5.41, 5.74) is 2.93. The van der Waals surface area contributed by atoms with Crippen molar-refractivity contribution in [2.24, 2.45) is 5.10 Å². The quantitative estimate of drug-likeness (QED) is 0.480. The Bertz CT molecular complexity index is 759. The number of amides is 1. The van der Waals surface area contributed by atoms with Gasteiger partial charge in [-0.25, -0.2) is 5.43 Å². The van der Waals surface area contributed by atoms with E-state index in [1.165, 1.54) is 12.3 Å². The Morgan fingerprint density at radius 1 is 1.25 bits per heavy atom. The van der Waals surface area contributed by atoms with Crippen molar-refractivity contribution in [3.05, 3.63) is 69.8 Å². The standard InChI is InChI=1S/C17H17N3O4/c1-2-11-24-16-10-6-4-8-14(16)17(21)19-18-12-13-7-3-5-9-15(13)20(22)23/h3-10,12H,2,11H2,1H3,(H,19,21). The van der Waals surface area contributed by atoms with Gasteiger partial charge in [0.15, 0.2) is 0 Å². The zero-order valence-electron chi connectivity index (χ0n) is 13.1. The predicted octanol–water partition coefficient (Wildman–Crippen LogP) is 3.15. The Morgan fingerprint density at radius 3 is 2.71 bits per heavy atom. The van der Waals surface area contributed by atoms with Crippen LogP contribution in [0.5, 0.6) is 5.75 Å². The van der Waals surface area contributed by atoms with E-state index in [1.807, 2.05) is 6.92 Å². The first kappa shape index (κ1) is 17.1. The maximum atomic E-state index is 12.2. The number of benzene rings is 2. The van der Waals surface area contributed by atoms with Gasteiger partial charge in [-0.2, -0.15) is 5.10 Å². The molecule has 0 heterocycles. The summed E-state index contributed by atoms with van der Waals surface area (Å²) in [6, 6.07) is 13.0. The van der Waals surface area contributed by atoms with Gasteiger partial charge in [-0.1, -0.05) is 31.2 Å². The van der Waals surface area contributed by atoms with Crippen LogP contribution in [0.25, 0.3) is 0 Å². The van der Waals surface area contributed by atoms with Crippen LogP contribution in [-0.4, -0.2) is 23.7 Å². The molecule has 7 heteroatoms. The molecule has 7 nitrogen and oxygen atoms in total. The van der Waals surface area contributed by atoms with E-state index < -0.39 is 10.8 Å². The number of nitro benzene ring substituents is 1. The third kappa shape index (κ3) is 4.39. The van der Waals surface area contributed by atoms with Gasteiger partial charge in [-0.3, -0.25) is 14.9 Å². The van der Waals surface area contributed by atoms with E-state index in [4.69, 9.17) is 4.74 Å². The summed E-state index contributed by atoms with van der Waals surface area (Å²) in [6.45, 7) is 2.48. The van der Waals surface area contributed by atoms with Crippen LogP contribution in [0, 0.1) is 10.1 Å². The fourth-order valence-electron chi connectivity index (χ4n) is 1.98. The molecule has 24 heavy (non-hydrogen) atoms. The molecular weight excluding hydrogens is 310 g/mol. The highest BCUT2D eigenvalue weighted by atomic mass is 16.6. The molecule has 1 N–H and O–H groups in total. The Labute approximate surface area is 139 Å². The molecule has 0 unspecified atom stereocenters. The Balaban J connectivity index is 2.10. The van der Waals surface area contributed by atoms with E-state index in [0.717, 1.165) is 6.42 Å². The Kier molecular flexibility index (Phi) is 6.01. The summed E-state index contributed by atoms with van der Waals surface area (Å²) in [5.74, 6) is 0.0225. The van der Waals surface area contributed by atoms with Gasteiger partial charge in [0.1, 0.15) is 5.75 Å². The van der Waals surface area contributed by atoms with Crippen molar-refractivity contribution >= 4 is 17.8 Å². The average Bonchev–Trinajstić information content (AvgIpc) is 2.60. The number of nitro groups is 1. The lowest BCUT2D eigenvalue weighted by Gasteiger charge is -2.09. The van der Waals surface area contributed by atoms with Crippen LogP contribution in [0.2, 0.25) is 0 Å². The van der Waals surface area contributed by atoms with Crippen molar-refractivity contribution in [3.8, 4) is 5.75 Å². The van der Waals surface area contributed by atoms with Crippen molar-refractivity contribution in [2.45, 2.75) is 13.3 Å². The number of hydrogen-bond donors (Lipinski definition) is 1. The van der Waals surface area contributed by atoms with E-state index in [0.29, 0.717) is 23.5 Å². The third-order valence-corrected chi connectivity index (χ3v) is 3.10. The largest absolute Gasteiger partial charge is 0.493 e. The number of ether oxygens (including phenoxy) is 1. The lowest BCUT2D eigenvalue weighted by Crippen LogP contribution is -2.19. The summed E-state index contributed by atoms with van der Waals surface area (Å²) < 4.78 is 5.52. The normalized spacial score (nSPS) is 10.5. The number of hydrazone groups is 1. The molecule has 0 aromatic heterocycles. The number of hydrogen-bond acceptors (Lipinski definition) is 5. The summed E-state index contributed by atoms with van der Waals surface area (Å²) in [6.07, 6.45) is 2.07. The van der Waals surface area contributed by atoms with Crippen LogP contribution in [0.15, 0.2) is 53.6 Å². The topological polar surface area (TPSA) is 93.8 Å². The molecule has 0 fully saturated rings. The monoisotopic (exact) mass is 327 g/mol. The number of nitrogens with one attached hydrogen (secondary N) is 1. The van der Waals surface area contributed by atoms with Crippen molar-refractivity contribution in [2.75, 3.05) is 6.61 Å². The second-order valence-corrected chi connectivity index (χ2v) is 4.86. The lowest BCUT2D eigenvalue weighted by molar-refractivity contribution is -0.385. The summed E-state index contributed by atoms with van der Waals surface area (Å²) >= 11 is 0. The fraction of sp³-hybridized carbons (Fsp3) is 0.176. The van der Waals surface area contributed by atoms with Crippen molar-refractivity contribution in [3.63, 3.8) is 0 Å². The smallest absolute Gasteiger partial charge is 0.278 e. The summed E-state index contributed by atoms with van der Waals surface area (Å²) in [5, 5.41) is 14.7. The molecule has 2 aromatic rings. The van der Waals surface area contributed by atoms with E-state index >= 15 is 0 Å². The first-order valence-corrected chi connectivity index (χ1v) is 7.42. The number of nitrogens with zero attached hydrogens (tertiary/aromatic N) is 2. The lowest BCUT2D eigenvalue weighted by atomic mass is 10.2. The van der Waals surface area contributed by atoms with Gasteiger partial charge in [-0.15, -0.1) is 0 Å². The molecular formula is C17H17N3O4. The maximum Gasteiger partial charge on any atom is 0.278 e. The molecule has 0 bridgehead atoms. The number of carbonyl (C=O) groups excluding carboxylic acids is 1. The minimum Gasteiger partial charge on any atom is -0.493 e. The second kappa shape index (κ2) is 8.42. The highest BCUT2D eigenvalue weighted by Gasteiger charge is 2.12. The van der Waals surface area contributed by atoms with Crippen LogP contribution >= 0.6 is 0 Å². The van der Waals surface area contributed by atoms with Crippen LogP contribution in [0.1, 0.15) is 29.3 Å². The van der Waals surface area contributed by atoms with Crippen LogP contribution in [0.3, 0.4) is 0 Å². The molecule has 0 saturated carbocycles. The third-order valence-electron chi connectivity index (χ3n) is 3.10. The van der Waals surface area contributed by atoms with Gasteiger partial charge in [0, 0.05) is 6.07 Å². The van der Waals surface area contributed by atoms with Crippen molar-refractivity contribution in [1.29, 1.82) is 0 Å². The molecule has 0 aliphatic carbocycles. The highest BCUT2D eigenvalue weighted by Crippen LogP contribution is 2.18.